The molecule has 0 spiro atoms. The Bertz CT molecular complexity index is 401. The van der Waals surface area contributed by atoms with Crippen molar-refractivity contribution in [3.8, 4) is 0 Å². The average molecular weight is 232 g/mol. The van der Waals surface area contributed by atoms with Gasteiger partial charge in [0.2, 0.25) is 0 Å². The summed E-state index contributed by atoms with van der Waals surface area (Å²) >= 11 is 0. The highest BCUT2D eigenvalue weighted by molar-refractivity contribution is 5.66. The van der Waals surface area contributed by atoms with Gasteiger partial charge in [0.1, 0.15) is 0 Å². The zero-order valence-corrected chi connectivity index (χ0v) is 11.4. The smallest absolute Gasteiger partial charge is 0.0373 e. The van der Waals surface area contributed by atoms with Gasteiger partial charge in [-0.15, -0.1) is 0 Å². The first-order valence-corrected chi connectivity index (χ1v) is 6.44. The SMILES string of the molecule is CC.CC(C)=C(N)c1ccc2c(c1)CCNC2. The molecule has 0 saturated carbocycles. The minimum Gasteiger partial charge on any atom is -0.398 e. The average Bonchev–Trinajstić information content (AvgIpc) is 2.39. The molecule has 0 fully saturated rings. The van der Waals surface area contributed by atoms with Crippen LogP contribution in [0.1, 0.15) is 44.4 Å². The van der Waals surface area contributed by atoms with Crippen molar-refractivity contribution in [3.05, 3.63) is 40.5 Å². The molecular formula is C15H24N2. The van der Waals surface area contributed by atoms with Crippen LogP contribution in [0.25, 0.3) is 5.70 Å². The summed E-state index contributed by atoms with van der Waals surface area (Å²) in [5.41, 5.74) is 12.1. The fraction of sp³-hybridized carbons (Fsp3) is 0.467. The van der Waals surface area contributed by atoms with Crippen molar-refractivity contribution in [2.45, 2.75) is 40.7 Å². The largest absolute Gasteiger partial charge is 0.398 e. The second-order valence-corrected chi connectivity index (χ2v) is 4.32. The molecule has 2 nitrogen and oxygen atoms in total. The van der Waals surface area contributed by atoms with E-state index >= 15 is 0 Å². The lowest BCUT2D eigenvalue weighted by atomic mass is 9.96. The number of hydrogen-bond donors (Lipinski definition) is 2. The Hall–Kier alpha value is -1.28. The van der Waals surface area contributed by atoms with Crippen molar-refractivity contribution in [2.75, 3.05) is 6.54 Å². The second kappa shape index (κ2) is 6.45. The fourth-order valence-electron chi connectivity index (χ4n) is 1.93. The molecule has 1 aromatic rings. The molecule has 0 bridgehead atoms. The van der Waals surface area contributed by atoms with Crippen molar-refractivity contribution in [1.29, 1.82) is 0 Å². The topological polar surface area (TPSA) is 38.0 Å². The number of nitrogens with two attached hydrogens (primary N) is 1. The number of hydrogen-bond acceptors (Lipinski definition) is 2. The second-order valence-electron chi connectivity index (χ2n) is 4.32. The highest BCUT2D eigenvalue weighted by Gasteiger charge is 2.09. The van der Waals surface area contributed by atoms with Gasteiger partial charge in [-0.05, 0) is 49.6 Å². The Balaban J connectivity index is 0.000000686. The molecule has 2 rings (SSSR count). The molecule has 1 heterocycles. The highest BCUT2D eigenvalue weighted by Crippen LogP contribution is 2.20. The van der Waals surface area contributed by atoms with E-state index < -0.39 is 0 Å². The lowest BCUT2D eigenvalue weighted by Crippen LogP contribution is -2.23. The maximum Gasteiger partial charge on any atom is 0.0373 e. The Morgan fingerprint density at radius 2 is 1.88 bits per heavy atom. The molecule has 0 atom stereocenters. The van der Waals surface area contributed by atoms with Crippen molar-refractivity contribution < 1.29 is 0 Å². The van der Waals surface area contributed by atoms with Gasteiger partial charge in [-0.1, -0.05) is 31.6 Å². The van der Waals surface area contributed by atoms with Gasteiger partial charge in [0.05, 0.1) is 0 Å². The quantitative estimate of drug-likeness (QED) is 0.781. The monoisotopic (exact) mass is 232 g/mol. The predicted octanol–water partition coefficient (Wildman–Crippen LogP) is 3.07. The summed E-state index contributed by atoms with van der Waals surface area (Å²) in [6.45, 7) is 10.2. The van der Waals surface area contributed by atoms with Gasteiger partial charge >= 0.3 is 0 Å². The maximum absolute atomic E-state index is 6.03. The van der Waals surface area contributed by atoms with Crippen molar-refractivity contribution in [3.63, 3.8) is 0 Å². The predicted molar refractivity (Wildman–Crippen MR) is 75.7 cm³/mol. The normalized spacial score (nSPS) is 13.2. The number of allylic oxidation sites excluding steroid dienone is 1. The van der Waals surface area contributed by atoms with Crippen LogP contribution in [0.2, 0.25) is 0 Å². The third kappa shape index (κ3) is 3.34. The molecule has 0 radical (unpaired) electrons. The van der Waals surface area contributed by atoms with Crippen LogP contribution < -0.4 is 11.1 Å². The van der Waals surface area contributed by atoms with Crippen LogP contribution in [0, 0.1) is 0 Å². The molecule has 0 aromatic heterocycles. The van der Waals surface area contributed by atoms with E-state index in [1.807, 2.05) is 13.8 Å². The molecule has 94 valence electrons. The minimum atomic E-state index is 0.913. The Labute approximate surface area is 105 Å². The number of fused-ring (bicyclic) bond motifs is 1. The highest BCUT2D eigenvalue weighted by atomic mass is 14.9. The molecule has 1 aliphatic heterocycles. The molecule has 3 N–H and O–H groups in total. The van der Waals surface area contributed by atoms with E-state index in [0.29, 0.717) is 0 Å². The van der Waals surface area contributed by atoms with Crippen LogP contribution in [0.5, 0.6) is 0 Å². The van der Waals surface area contributed by atoms with E-state index in [1.165, 1.54) is 16.7 Å². The number of benzene rings is 1. The van der Waals surface area contributed by atoms with Crippen molar-refractivity contribution in [1.82, 2.24) is 5.32 Å². The first-order chi connectivity index (χ1) is 8.18. The van der Waals surface area contributed by atoms with Crippen LogP contribution in [0.3, 0.4) is 0 Å². The van der Waals surface area contributed by atoms with Crippen LogP contribution >= 0.6 is 0 Å². The minimum absolute atomic E-state index is 0.913. The zero-order valence-electron chi connectivity index (χ0n) is 11.4. The van der Waals surface area contributed by atoms with Gasteiger partial charge in [0.15, 0.2) is 0 Å². The van der Waals surface area contributed by atoms with Gasteiger partial charge in [-0.2, -0.15) is 0 Å². The Morgan fingerprint density at radius 3 is 2.53 bits per heavy atom. The summed E-state index contributed by atoms with van der Waals surface area (Å²) in [4.78, 5) is 0. The zero-order chi connectivity index (χ0) is 12.8. The van der Waals surface area contributed by atoms with Gasteiger partial charge < -0.3 is 11.1 Å². The molecule has 2 heteroatoms. The van der Waals surface area contributed by atoms with E-state index in [4.69, 9.17) is 5.73 Å². The van der Waals surface area contributed by atoms with Crippen LogP contribution in [-0.4, -0.2) is 6.54 Å². The van der Waals surface area contributed by atoms with Gasteiger partial charge in [-0.3, -0.25) is 0 Å². The molecule has 1 aliphatic rings. The lowest BCUT2D eigenvalue weighted by Gasteiger charge is -2.18. The van der Waals surface area contributed by atoms with Crippen molar-refractivity contribution >= 4 is 5.70 Å². The summed E-state index contributed by atoms with van der Waals surface area (Å²) in [7, 11) is 0. The molecule has 1 aromatic carbocycles. The van der Waals surface area contributed by atoms with E-state index in [1.54, 1.807) is 0 Å². The molecular weight excluding hydrogens is 208 g/mol. The third-order valence-electron chi connectivity index (χ3n) is 2.94. The van der Waals surface area contributed by atoms with Crippen LogP contribution in [0.4, 0.5) is 0 Å². The van der Waals surface area contributed by atoms with Crippen molar-refractivity contribution in [2.24, 2.45) is 5.73 Å². The third-order valence-corrected chi connectivity index (χ3v) is 2.94. The summed E-state index contributed by atoms with van der Waals surface area (Å²) in [5.74, 6) is 0. The number of nitrogens with one attached hydrogen (secondary N) is 1. The summed E-state index contributed by atoms with van der Waals surface area (Å²) in [5, 5.41) is 3.37. The number of rotatable bonds is 1. The first kappa shape index (κ1) is 13.8. The van der Waals surface area contributed by atoms with Crippen LogP contribution in [0.15, 0.2) is 23.8 Å². The summed E-state index contributed by atoms with van der Waals surface area (Å²) in [6.07, 6.45) is 1.11. The lowest BCUT2D eigenvalue weighted by molar-refractivity contribution is 0.643. The standard InChI is InChI=1S/C13H18N2.C2H6/c1-9(2)13(14)11-3-4-12-8-15-6-5-10(12)7-11;1-2/h3-4,7,15H,5-6,8,14H2,1-2H3;1-2H3. The molecule has 17 heavy (non-hydrogen) atoms. The van der Waals surface area contributed by atoms with Crippen LogP contribution in [-0.2, 0) is 13.0 Å². The maximum atomic E-state index is 6.03. The molecule has 0 saturated heterocycles. The fourth-order valence-corrected chi connectivity index (χ4v) is 1.93. The van der Waals surface area contributed by atoms with Gasteiger partial charge in [0, 0.05) is 12.2 Å². The van der Waals surface area contributed by atoms with E-state index in [-0.39, 0.29) is 0 Å². The molecule has 0 unspecified atom stereocenters. The van der Waals surface area contributed by atoms with E-state index in [9.17, 15) is 0 Å². The van der Waals surface area contributed by atoms with E-state index in [2.05, 4.69) is 37.4 Å². The van der Waals surface area contributed by atoms with E-state index in [0.717, 1.165) is 30.8 Å². The van der Waals surface area contributed by atoms with Gasteiger partial charge in [0.25, 0.3) is 0 Å². The summed E-state index contributed by atoms with van der Waals surface area (Å²) < 4.78 is 0. The van der Waals surface area contributed by atoms with Gasteiger partial charge in [-0.25, -0.2) is 0 Å². The summed E-state index contributed by atoms with van der Waals surface area (Å²) in [6, 6.07) is 6.54. The molecule has 0 aliphatic carbocycles. The Morgan fingerprint density at radius 1 is 1.18 bits per heavy atom. The Kier molecular flexibility index (Phi) is 5.23. The first-order valence-electron chi connectivity index (χ1n) is 6.44. The molecule has 0 amide bonds.